The quantitative estimate of drug-likeness (QED) is 0.433. The summed E-state index contributed by atoms with van der Waals surface area (Å²) in [5.74, 6) is 0.893. The first-order chi connectivity index (χ1) is 15.5. The summed E-state index contributed by atoms with van der Waals surface area (Å²) in [6, 6.07) is 13.5. The molecule has 2 aromatic carbocycles. The van der Waals surface area contributed by atoms with E-state index in [-0.39, 0.29) is 18.2 Å². The van der Waals surface area contributed by atoms with Crippen molar-refractivity contribution in [2.75, 3.05) is 30.5 Å². The summed E-state index contributed by atoms with van der Waals surface area (Å²) in [6.45, 7) is 6.79. The van der Waals surface area contributed by atoms with Gasteiger partial charge in [-0.2, -0.15) is 0 Å². The lowest BCUT2D eigenvalue weighted by Crippen LogP contribution is -2.37. The van der Waals surface area contributed by atoms with Gasteiger partial charge in [-0.25, -0.2) is 0 Å². The fraction of sp³-hybridized carbons (Fsp3) is 0.292. The Hall–Kier alpha value is -3.39. The molecule has 1 unspecified atom stereocenters. The van der Waals surface area contributed by atoms with Crippen molar-refractivity contribution in [3.63, 3.8) is 0 Å². The van der Waals surface area contributed by atoms with Crippen LogP contribution in [-0.4, -0.2) is 48.1 Å². The summed E-state index contributed by atoms with van der Waals surface area (Å²) in [5, 5.41) is 3.19. The van der Waals surface area contributed by atoms with E-state index in [2.05, 4.69) is 11.9 Å². The highest BCUT2D eigenvalue weighted by Gasteiger charge is 2.43. The van der Waals surface area contributed by atoms with Crippen molar-refractivity contribution in [3.8, 4) is 11.5 Å². The molecule has 0 radical (unpaired) electrons. The third-order valence-corrected chi connectivity index (χ3v) is 5.38. The van der Waals surface area contributed by atoms with E-state index in [9.17, 15) is 9.59 Å². The van der Waals surface area contributed by atoms with E-state index in [1.54, 1.807) is 66.6 Å². The number of benzene rings is 2. The Morgan fingerprint density at radius 2 is 1.81 bits per heavy atom. The molecule has 1 saturated heterocycles. The van der Waals surface area contributed by atoms with Crippen molar-refractivity contribution in [3.05, 3.63) is 61.2 Å². The number of ether oxygens (including phenoxy) is 2. The Labute approximate surface area is 193 Å². The minimum atomic E-state index is -0.713. The molecule has 0 aliphatic carbocycles. The summed E-state index contributed by atoms with van der Waals surface area (Å²) in [4.78, 5) is 29.1. The fourth-order valence-corrected chi connectivity index (χ4v) is 3.79. The van der Waals surface area contributed by atoms with E-state index >= 15 is 0 Å². The van der Waals surface area contributed by atoms with Crippen LogP contribution in [0.1, 0.15) is 19.8 Å². The van der Waals surface area contributed by atoms with Gasteiger partial charge in [-0.3, -0.25) is 14.5 Å². The van der Waals surface area contributed by atoms with E-state index in [4.69, 9.17) is 21.7 Å². The number of amides is 2. The van der Waals surface area contributed by atoms with Gasteiger partial charge >= 0.3 is 0 Å². The molecule has 1 atom stereocenters. The topological polar surface area (TPSA) is 71.1 Å². The monoisotopic (exact) mass is 453 g/mol. The number of methoxy groups -OCH3 is 1. The largest absolute Gasteiger partial charge is 0.497 e. The average molecular weight is 454 g/mol. The number of thiocarbonyl (C=S) groups is 1. The van der Waals surface area contributed by atoms with E-state index in [0.29, 0.717) is 35.4 Å². The molecule has 32 heavy (non-hydrogen) atoms. The molecule has 1 heterocycles. The lowest BCUT2D eigenvalue weighted by Gasteiger charge is -2.22. The van der Waals surface area contributed by atoms with Crippen molar-refractivity contribution < 1.29 is 19.1 Å². The fourth-order valence-electron chi connectivity index (χ4n) is 3.39. The maximum Gasteiger partial charge on any atom is 0.256 e. The van der Waals surface area contributed by atoms with Gasteiger partial charge in [-0.1, -0.05) is 13.0 Å². The highest BCUT2D eigenvalue weighted by molar-refractivity contribution is 7.80. The minimum absolute atomic E-state index is 0.0342. The molecule has 2 aromatic rings. The second-order valence-corrected chi connectivity index (χ2v) is 7.60. The number of nitrogens with one attached hydrogen (secondary N) is 1. The predicted octanol–water partition coefficient (Wildman–Crippen LogP) is 4.00. The van der Waals surface area contributed by atoms with Gasteiger partial charge in [0.05, 0.1) is 25.8 Å². The molecule has 1 aliphatic rings. The first-order valence-electron chi connectivity index (χ1n) is 10.4. The molecule has 0 aromatic heterocycles. The lowest BCUT2D eigenvalue weighted by molar-refractivity contribution is -0.124. The molecule has 0 saturated carbocycles. The third-order valence-electron chi connectivity index (χ3n) is 4.96. The summed E-state index contributed by atoms with van der Waals surface area (Å²) in [7, 11) is 1.58. The Morgan fingerprint density at radius 3 is 2.41 bits per heavy atom. The lowest BCUT2D eigenvalue weighted by atomic mass is 10.1. The maximum absolute atomic E-state index is 13.2. The Kier molecular flexibility index (Phi) is 7.83. The normalized spacial score (nSPS) is 15.6. The molecule has 1 fully saturated rings. The minimum Gasteiger partial charge on any atom is -0.497 e. The zero-order valence-corrected chi connectivity index (χ0v) is 19.1. The first kappa shape index (κ1) is 23.3. The van der Waals surface area contributed by atoms with Crippen LogP contribution in [-0.2, 0) is 9.59 Å². The van der Waals surface area contributed by atoms with Crippen LogP contribution in [0.3, 0.4) is 0 Å². The Balaban J connectivity index is 1.71. The molecule has 7 nitrogen and oxygen atoms in total. The van der Waals surface area contributed by atoms with Crippen molar-refractivity contribution in [2.45, 2.75) is 25.8 Å². The number of carbonyl (C=O) groups is 2. The highest BCUT2D eigenvalue weighted by atomic mass is 32.1. The van der Waals surface area contributed by atoms with Crippen molar-refractivity contribution >= 4 is 40.5 Å². The molecule has 3 rings (SSSR count). The van der Waals surface area contributed by atoms with Gasteiger partial charge in [0.1, 0.15) is 17.5 Å². The molecule has 168 valence electrons. The summed E-state index contributed by atoms with van der Waals surface area (Å²) >= 11 is 5.56. The van der Waals surface area contributed by atoms with Crippen LogP contribution in [0, 0.1) is 0 Å². The number of nitrogens with zero attached hydrogens (tertiary/aromatic N) is 2. The molecule has 0 spiro atoms. The third kappa shape index (κ3) is 5.26. The van der Waals surface area contributed by atoms with Crippen LogP contribution < -0.4 is 19.7 Å². The number of carbonyl (C=O) groups excluding carboxylic acids is 2. The molecule has 8 heteroatoms. The summed E-state index contributed by atoms with van der Waals surface area (Å²) in [5.41, 5.74) is 1.26. The van der Waals surface area contributed by atoms with Crippen molar-refractivity contribution in [1.82, 2.24) is 4.90 Å². The van der Waals surface area contributed by atoms with E-state index < -0.39 is 6.04 Å². The van der Waals surface area contributed by atoms with Gasteiger partial charge in [0, 0.05) is 12.2 Å². The van der Waals surface area contributed by atoms with Crippen molar-refractivity contribution in [2.24, 2.45) is 0 Å². The second kappa shape index (κ2) is 10.8. The standard InChI is InChI=1S/C24H27N3O4S/c1-4-14-26-21(16-22(28)25-17-6-10-20(11-7-17)31-15-5-2)23(29)27(24(26)32)18-8-12-19(30-3)13-9-18/h4,6-13,21H,1,5,14-16H2,2-3H3,(H,25,28). The van der Waals surface area contributed by atoms with Crippen LogP contribution in [0.25, 0.3) is 0 Å². The van der Waals surface area contributed by atoms with Crippen LogP contribution in [0.2, 0.25) is 0 Å². The van der Waals surface area contributed by atoms with Gasteiger partial charge in [-0.15, -0.1) is 6.58 Å². The number of hydrogen-bond acceptors (Lipinski definition) is 5. The van der Waals surface area contributed by atoms with E-state index in [0.717, 1.165) is 12.2 Å². The van der Waals surface area contributed by atoms with Gasteiger partial charge in [0.2, 0.25) is 5.91 Å². The van der Waals surface area contributed by atoms with Crippen LogP contribution in [0.5, 0.6) is 11.5 Å². The van der Waals surface area contributed by atoms with E-state index in [1.807, 2.05) is 6.92 Å². The molecule has 1 N–H and O–H groups in total. The van der Waals surface area contributed by atoms with Crippen LogP contribution in [0.15, 0.2) is 61.2 Å². The van der Waals surface area contributed by atoms with Gasteiger partial charge in [-0.05, 0) is 67.2 Å². The zero-order valence-electron chi connectivity index (χ0n) is 18.2. The van der Waals surface area contributed by atoms with Crippen LogP contribution >= 0.6 is 12.2 Å². The molecule has 0 bridgehead atoms. The number of hydrogen-bond donors (Lipinski definition) is 1. The molecule has 2 amide bonds. The smallest absolute Gasteiger partial charge is 0.256 e. The van der Waals surface area contributed by atoms with Crippen molar-refractivity contribution in [1.29, 1.82) is 0 Å². The Morgan fingerprint density at radius 1 is 1.16 bits per heavy atom. The SMILES string of the molecule is C=CCN1C(=S)N(c2ccc(OC)cc2)C(=O)C1CC(=O)Nc1ccc(OCCC)cc1. The molecular formula is C24H27N3O4S. The van der Waals surface area contributed by atoms with E-state index in [1.165, 1.54) is 4.90 Å². The number of rotatable bonds is 10. The van der Waals surface area contributed by atoms with Crippen LogP contribution in [0.4, 0.5) is 11.4 Å². The average Bonchev–Trinajstić information content (AvgIpc) is 3.03. The predicted molar refractivity (Wildman–Crippen MR) is 129 cm³/mol. The molecular weight excluding hydrogens is 426 g/mol. The first-order valence-corrected chi connectivity index (χ1v) is 10.8. The maximum atomic E-state index is 13.2. The second-order valence-electron chi connectivity index (χ2n) is 7.24. The molecule has 1 aliphatic heterocycles. The summed E-state index contributed by atoms with van der Waals surface area (Å²) in [6.07, 6.45) is 2.55. The summed E-state index contributed by atoms with van der Waals surface area (Å²) < 4.78 is 10.7. The van der Waals surface area contributed by atoms with Gasteiger partial charge in [0.25, 0.3) is 5.91 Å². The zero-order chi connectivity index (χ0) is 23.1. The highest BCUT2D eigenvalue weighted by Crippen LogP contribution is 2.29. The van der Waals surface area contributed by atoms with Gasteiger partial charge in [0.15, 0.2) is 5.11 Å². The van der Waals surface area contributed by atoms with Gasteiger partial charge < -0.3 is 19.7 Å². The Bertz CT molecular complexity index is 976. The number of anilines is 2.